The van der Waals surface area contributed by atoms with E-state index in [0.29, 0.717) is 6.42 Å². The number of aromatic amines is 1. The first-order valence-electron chi connectivity index (χ1n) is 8.34. The molecule has 1 atom stereocenters. The van der Waals surface area contributed by atoms with Gasteiger partial charge in [0.25, 0.3) is 0 Å². The third-order valence-electron chi connectivity index (χ3n) is 4.73. The van der Waals surface area contributed by atoms with E-state index >= 15 is 0 Å². The topological polar surface area (TPSA) is 44.9 Å². The lowest BCUT2D eigenvalue weighted by Crippen LogP contribution is -2.32. The van der Waals surface area contributed by atoms with Crippen LogP contribution >= 0.6 is 11.6 Å². The summed E-state index contributed by atoms with van der Waals surface area (Å²) in [5.74, 6) is 0.0591. The highest BCUT2D eigenvalue weighted by molar-refractivity contribution is 6.35. The number of aryl methyl sites for hydroxylation is 1. The van der Waals surface area contributed by atoms with Crippen LogP contribution in [0, 0.1) is 0 Å². The molecule has 0 saturated carbocycles. The number of nitrogens with one attached hydrogen (secondary N) is 2. The highest BCUT2D eigenvalue weighted by Crippen LogP contribution is 2.36. The Balaban J connectivity index is 1.59. The maximum atomic E-state index is 12.4. The molecule has 0 unspecified atom stereocenters. The molecule has 0 aliphatic heterocycles. The molecular formula is C20H19ClN2O. The van der Waals surface area contributed by atoms with Gasteiger partial charge in [0.15, 0.2) is 0 Å². The Morgan fingerprint density at radius 1 is 1.17 bits per heavy atom. The highest BCUT2D eigenvalue weighted by Gasteiger charge is 2.26. The number of aromatic nitrogens is 1. The molecule has 24 heavy (non-hydrogen) atoms. The third-order valence-corrected chi connectivity index (χ3v) is 5.05. The molecule has 3 aromatic rings. The summed E-state index contributed by atoms with van der Waals surface area (Å²) >= 11 is 6.32. The fourth-order valence-corrected chi connectivity index (χ4v) is 3.84. The zero-order valence-electron chi connectivity index (χ0n) is 13.3. The average Bonchev–Trinajstić information content (AvgIpc) is 2.97. The molecule has 1 aliphatic rings. The first-order chi connectivity index (χ1) is 11.7. The second-order valence-electron chi connectivity index (χ2n) is 6.35. The summed E-state index contributed by atoms with van der Waals surface area (Å²) in [4.78, 5) is 15.9. The second-order valence-corrected chi connectivity index (χ2v) is 6.76. The number of H-pyrrole nitrogens is 1. The lowest BCUT2D eigenvalue weighted by atomic mass is 9.91. The van der Waals surface area contributed by atoms with E-state index in [-0.39, 0.29) is 11.9 Å². The quantitative estimate of drug-likeness (QED) is 0.722. The smallest absolute Gasteiger partial charge is 0.224 e. The minimum Gasteiger partial charge on any atom is -0.355 e. The summed E-state index contributed by atoms with van der Waals surface area (Å²) < 4.78 is 0. The van der Waals surface area contributed by atoms with Crippen LogP contribution in [0.1, 0.15) is 35.7 Å². The normalized spacial score (nSPS) is 16.8. The van der Waals surface area contributed by atoms with E-state index in [0.717, 1.165) is 41.1 Å². The number of carbonyl (C=O) groups is 1. The average molecular weight is 339 g/mol. The summed E-state index contributed by atoms with van der Waals surface area (Å²) in [5, 5.41) is 5.10. The summed E-state index contributed by atoms with van der Waals surface area (Å²) in [7, 11) is 0. The Hall–Kier alpha value is -2.26. The monoisotopic (exact) mass is 338 g/mol. The van der Waals surface area contributed by atoms with Crippen LogP contribution in [-0.4, -0.2) is 10.9 Å². The molecule has 1 aliphatic carbocycles. The van der Waals surface area contributed by atoms with Gasteiger partial charge in [-0.05, 0) is 36.5 Å². The lowest BCUT2D eigenvalue weighted by Gasteiger charge is -2.24. The lowest BCUT2D eigenvalue weighted by molar-refractivity contribution is -0.121. The molecule has 0 fully saturated rings. The van der Waals surface area contributed by atoms with Crippen molar-refractivity contribution in [2.24, 2.45) is 0 Å². The highest BCUT2D eigenvalue weighted by atomic mass is 35.5. The van der Waals surface area contributed by atoms with E-state index in [4.69, 9.17) is 11.6 Å². The fourth-order valence-electron chi connectivity index (χ4n) is 3.62. The van der Waals surface area contributed by atoms with E-state index in [2.05, 4.69) is 16.4 Å². The SMILES string of the molecule is O=C(Cc1ccccc1)N[C@H]1CCCc2c1[nH]c1c(Cl)cccc21. The molecule has 4 rings (SSSR count). The Morgan fingerprint density at radius 2 is 2.00 bits per heavy atom. The first kappa shape index (κ1) is 15.3. The van der Waals surface area contributed by atoms with Crippen molar-refractivity contribution >= 4 is 28.4 Å². The number of para-hydroxylation sites is 1. The number of amides is 1. The van der Waals surface area contributed by atoms with Gasteiger partial charge in [0.2, 0.25) is 5.91 Å². The molecule has 122 valence electrons. The summed E-state index contributed by atoms with van der Waals surface area (Å²) in [6.07, 6.45) is 3.47. The molecule has 0 bridgehead atoms. The van der Waals surface area contributed by atoms with Crippen LogP contribution in [0.15, 0.2) is 48.5 Å². The zero-order chi connectivity index (χ0) is 16.5. The predicted octanol–water partition coefficient (Wildman–Crippen LogP) is 4.56. The van der Waals surface area contributed by atoms with Crippen molar-refractivity contribution in [2.45, 2.75) is 31.7 Å². The molecule has 3 nitrogen and oxygen atoms in total. The molecule has 4 heteroatoms. The number of carbonyl (C=O) groups excluding carboxylic acids is 1. The molecule has 1 aromatic heterocycles. The van der Waals surface area contributed by atoms with E-state index < -0.39 is 0 Å². The van der Waals surface area contributed by atoms with E-state index in [1.165, 1.54) is 10.9 Å². The van der Waals surface area contributed by atoms with Crippen LogP contribution in [0.4, 0.5) is 0 Å². The van der Waals surface area contributed by atoms with Crippen LogP contribution in [0.3, 0.4) is 0 Å². The van der Waals surface area contributed by atoms with Crippen molar-refractivity contribution in [3.8, 4) is 0 Å². The Labute approximate surface area is 146 Å². The minimum atomic E-state index is 0.0356. The Bertz CT molecular complexity index is 885. The van der Waals surface area contributed by atoms with Crippen molar-refractivity contribution in [1.29, 1.82) is 0 Å². The largest absolute Gasteiger partial charge is 0.355 e. The van der Waals surface area contributed by atoms with E-state index in [1.54, 1.807) is 0 Å². The van der Waals surface area contributed by atoms with Crippen LogP contribution in [-0.2, 0) is 17.6 Å². The zero-order valence-corrected chi connectivity index (χ0v) is 14.1. The van der Waals surface area contributed by atoms with Gasteiger partial charge in [-0.15, -0.1) is 0 Å². The third kappa shape index (κ3) is 2.80. The summed E-state index contributed by atoms with van der Waals surface area (Å²) in [5.41, 5.74) is 4.42. The molecule has 1 amide bonds. The maximum Gasteiger partial charge on any atom is 0.224 e. The van der Waals surface area contributed by atoms with Gasteiger partial charge in [0.05, 0.1) is 23.0 Å². The minimum absolute atomic E-state index is 0.0356. The van der Waals surface area contributed by atoms with Gasteiger partial charge in [0.1, 0.15) is 0 Å². The second kappa shape index (κ2) is 6.33. The van der Waals surface area contributed by atoms with Gasteiger partial charge in [0, 0.05) is 11.1 Å². The Morgan fingerprint density at radius 3 is 2.83 bits per heavy atom. The van der Waals surface area contributed by atoms with Gasteiger partial charge in [-0.3, -0.25) is 4.79 Å². The first-order valence-corrected chi connectivity index (χ1v) is 8.72. The molecular weight excluding hydrogens is 320 g/mol. The molecule has 0 radical (unpaired) electrons. The molecule has 2 N–H and O–H groups in total. The molecule has 0 saturated heterocycles. The number of hydrogen-bond acceptors (Lipinski definition) is 1. The van der Waals surface area contributed by atoms with Crippen molar-refractivity contribution in [2.75, 3.05) is 0 Å². The van der Waals surface area contributed by atoms with Crippen molar-refractivity contribution in [1.82, 2.24) is 10.3 Å². The fraction of sp³-hybridized carbons (Fsp3) is 0.250. The Kier molecular flexibility index (Phi) is 4.03. The van der Waals surface area contributed by atoms with Crippen LogP contribution in [0.5, 0.6) is 0 Å². The maximum absolute atomic E-state index is 12.4. The predicted molar refractivity (Wildman–Crippen MR) is 97.3 cm³/mol. The van der Waals surface area contributed by atoms with Crippen LogP contribution in [0.25, 0.3) is 10.9 Å². The van der Waals surface area contributed by atoms with Crippen molar-refractivity contribution in [3.63, 3.8) is 0 Å². The summed E-state index contributed by atoms with van der Waals surface area (Å²) in [6, 6.07) is 15.9. The van der Waals surface area contributed by atoms with E-state index in [9.17, 15) is 4.79 Å². The van der Waals surface area contributed by atoms with Gasteiger partial charge >= 0.3 is 0 Å². The number of halogens is 1. The van der Waals surface area contributed by atoms with Gasteiger partial charge in [-0.1, -0.05) is 54.1 Å². The molecule has 2 aromatic carbocycles. The van der Waals surface area contributed by atoms with Crippen molar-refractivity contribution < 1.29 is 4.79 Å². The van der Waals surface area contributed by atoms with Gasteiger partial charge < -0.3 is 10.3 Å². The number of benzene rings is 2. The number of fused-ring (bicyclic) bond motifs is 3. The molecule has 1 heterocycles. The number of rotatable bonds is 3. The van der Waals surface area contributed by atoms with Crippen LogP contribution < -0.4 is 5.32 Å². The standard InChI is InChI=1S/C20H19ClN2O/c21-16-10-4-8-14-15-9-5-11-17(20(15)23-19(14)16)22-18(24)12-13-6-2-1-3-7-13/h1-4,6-8,10,17,23H,5,9,11-12H2,(H,22,24)/t17-/m0/s1. The van der Waals surface area contributed by atoms with E-state index in [1.807, 2.05) is 42.5 Å². The molecule has 0 spiro atoms. The summed E-state index contributed by atoms with van der Waals surface area (Å²) in [6.45, 7) is 0. The van der Waals surface area contributed by atoms with Gasteiger partial charge in [-0.2, -0.15) is 0 Å². The number of hydrogen-bond donors (Lipinski definition) is 2. The van der Waals surface area contributed by atoms with Gasteiger partial charge in [-0.25, -0.2) is 0 Å². The van der Waals surface area contributed by atoms with Crippen molar-refractivity contribution in [3.05, 3.63) is 70.4 Å². The van der Waals surface area contributed by atoms with Crippen LogP contribution in [0.2, 0.25) is 5.02 Å².